The van der Waals surface area contributed by atoms with Gasteiger partial charge in [0.15, 0.2) is 5.76 Å². The SMILES string of the molecule is CCc1oc(C(=O)NC(c2ccc(F)cc2)C2CCC2)cc1C(=O)O. The highest BCUT2D eigenvalue weighted by Crippen LogP contribution is 2.38. The van der Waals surface area contributed by atoms with Gasteiger partial charge in [0.1, 0.15) is 17.1 Å². The number of benzene rings is 1. The lowest BCUT2D eigenvalue weighted by Crippen LogP contribution is -2.36. The molecule has 1 aromatic heterocycles. The number of furan rings is 1. The quantitative estimate of drug-likeness (QED) is 0.831. The van der Waals surface area contributed by atoms with Crippen molar-refractivity contribution >= 4 is 11.9 Å². The molecule has 1 unspecified atom stereocenters. The molecule has 0 spiro atoms. The highest BCUT2D eigenvalue weighted by atomic mass is 19.1. The van der Waals surface area contributed by atoms with E-state index in [-0.39, 0.29) is 34.9 Å². The minimum absolute atomic E-state index is 0.00891. The fraction of sp³-hybridized carbons (Fsp3) is 0.368. The summed E-state index contributed by atoms with van der Waals surface area (Å²) in [5, 5.41) is 12.1. The van der Waals surface area contributed by atoms with Crippen molar-refractivity contribution in [3.63, 3.8) is 0 Å². The molecule has 1 heterocycles. The van der Waals surface area contributed by atoms with Crippen LogP contribution in [0.25, 0.3) is 0 Å². The predicted octanol–water partition coefficient (Wildman–Crippen LogP) is 3.95. The molecule has 0 bridgehead atoms. The standard InChI is InChI=1S/C19H20FNO4/c1-2-15-14(19(23)24)10-16(25-15)18(22)21-17(11-4-3-5-11)12-6-8-13(20)9-7-12/h6-11,17H,2-5H2,1H3,(H,21,22)(H,23,24). The van der Waals surface area contributed by atoms with Gasteiger partial charge < -0.3 is 14.8 Å². The first-order chi connectivity index (χ1) is 12.0. The van der Waals surface area contributed by atoms with Gasteiger partial charge in [-0.25, -0.2) is 9.18 Å². The van der Waals surface area contributed by atoms with Gasteiger partial charge in [-0.2, -0.15) is 0 Å². The van der Waals surface area contributed by atoms with E-state index in [4.69, 9.17) is 4.42 Å². The van der Waals surface area contributed by atoms with Crippen LogP contribution in [0.5, 0.6) is 0 Å². The van der Waals surface area contributed by atoms with Gasteiger partial charge in [0.25, 0.3) is 5.91 Å². The predicted molar refractivity (Wildman–Crippen MR) is 89.0 cm³/mol. The van der Waals surface area contributed by atoms with Crippen LogP contribution in [0.1, 0.15) is 64.5 Å². The minimum Gasteiger partial charge on any atom is -0.478 e. The summed E-state index contributed by atoms with van der Waals surface area (Å²) < 4.78 is 18.6. The number of carboxylic acids is 1. The van der Waals surface area contributed by atoms with Crippen LogP contribution >= 0.6 is 0 Å². The molecule has 1 fully saturated rings. The van der Waals surface area contributed by atoms with Gasteiger partial charge in [-0.3, -0.25) is 4.79 Å². The molecule has 0 radical (unpaired) electrons. The Labute approximate surface area is 144 Å². The number of aryl methyl sites for hydroxylation is 1. The number of aromatic carboxylic acids is 1. The molecule has 0 saturated heterocycles. The Morgan fingerprint density at radius 3 is 2.48 bits per heavy atom. The van der Waals surface area contributed by atoms with Crippen molar-refractivity contribution in [2.24, 2.45) is 5.92 Å². The van der Waals surface area contributed by atoms with E-state index in [1.54, 1.807) is 19.1 Å². The second-order valence-corrected chi connectivity index (χ2v) is 6.30. The zero-order valence-electron chi connectivity index (χ0n) is 13.9. The summed E-state index contributed by atoms with van der Waals surface area (Å²) >= 11 is 0. The molecule has 132 valence electrons. The third-order valence-corrected chi connectivity index (χ3v) is 4.72. The highest BCUT2D eigenvalue weighted by Gasteiger charge is 2.31. The normalized spacial score (nSPS) is 15.4. The molecule has 0 aliphatic heterocycles. The number of hydrogen-bond donors (Lipinski definition) is 2. The van der Waals surface area contributed by atoms with E-state index in [1.165, 1.54) is 18.2 Å². The number of rotatable bonds is 6. The maximum Gasteiger partial charge on any atom is 0.339 e. The largest absolute Gasteiger partial charge is 0.478 e. The second kappa shape index (κ2) is 7.09. The van der Waals surface area contributed by atoms with Gasteiger partial charge in [0, 0.05) is 12.5 Å². The summed E-state index contributed by atoms with van der Waals surface area (Å²) in [5.74, 6) is -1.35. The molecule has 1 aliphatic rings. The van der Waals surface area contributed by atoms with Gasteiger partial charge in [0.2, 0.25) is 0 Å². The van der Waals surface area contributed by atoms with Crippen molar-refractivity contribution in [2.45, 2.75) is 38.6 Å². The monoisotopic (exact) mass is 345 g/mol. The van der Waals surface area contributed by atoms with Crippen LogP contribution in [-0.4, -0.2) is 17.0 Å². The number of carboxylic acid groups (broad SMARTS) is 1. The fourth-order valence-electron chi connectivity index (χ4n) is 3.11. The molecule has 1 aromatic carbocycles. The summed E-state index contributed by atoms with van der Waals surface area (Å²) in [6.07, 6.45) is 3.46. The summed E-state index contributed by atoms with van der Waals surface area (Å²) in [6.45, 7) is 1.77. The van der Waals surface area contributed by atoms with Gasteiger partial charge in [-0.1, -0.05) is 25.5 Å². The van der Waals surface area contributed by atoms with Crippen molar-refractivity contribution in [1.29, 1.82) is 0 Å². The van der Waals surface area contributed by atoms with E-state index in [9.17, 15) is 19.1 Å². The molecule has 2 N–H and O–H groups in total. The lowest BCUT2D eigenvalue weighted by Gasteiger charge is -2.34. The molecule has 3 rings (SSSR count). The number of hydrogen-bond acceptors (Lipinski definition) is 3. The Morgan fingerprint density at radius 1 is 1.32 bits per heavy atom. The number of carbonyl (C=O) groups is 2. The Kier molecular flexibility index (Phi) is 4.88. The maximum atomic E-state index is 13.2. The number of amides is 1. The molecule has 1 aliphatic carbocycles. The van der Waals surface area contributed by atoms with Crippen LogP contribution in [-0.2, 0) is 6.42 Å². The number of carbonyl (C=O) groups excluding carboxylic acids is 1. The smallest absolute Gasteiger partial charge is 0.339 e. The third-order valence-electron chi connectivity index (χ3n) is 4.72. The molecule has 1 atom stereocenters. The van der Waals surface area contributed by atoms with Crippen LogP contribution in [0.2, 0.25) is 0 Å². The Bertz CT molecular complexity index is 777. The van der Waals surface area contributed by atoms with Gasteiger partial charge >= 0.3 is 5.97 Å². The molecule has 1 amide bonds. The zero-order chi connectivity index (χ0) is 18.0. The van der Waals surface area contributed by atoms with Crippen LogP contribution < -0.4 is 5.32 Å². The van der Waals surface area contributed by atoms with Gasteiger partial charge in [-0.05, 0) is 36.5 Å². The Morgan fingerprint density at radius 2 is 2.00 bits per heavy atom. The van der Waals surface area contributed by atoms with E-state index < -0.39 is 11.9 Å². The number of halogens is 1. The first-order valence-electron chi connectivity index (χ1n) is 8.42. The van der Waals surface area contributed by atoms with Crippen molar-refractivity contribution in [3.05, 3.63) is 58.8 Å². The van der Waals surface area contributed by atoms with Crippen molar-refractivity contribution < 1.29 is 23.5 Å². The minimum atomic E-state index is -1.12. The molecular formula is C19H20FNO4. The van der Waals surface area contributed by atoms with Crippen molar-refractivity contribution in [3.8, 4) is 0 Å². The van der Waals surface area contributed by atoms with E-state index >= 15 is 0 Å². The van der Waals surface area contributed by atoms with E-state index in [2.05, 4.69) is 5.32 Å². The summed E-state index contributed by atoms with van der Waals surface area (Å²) in [4.78, 5) is 23.8. The molecule has 2 aromatic rings. The first kappa shape index (κ1) is 17.2. The average Bonchev–Trinajstić information content (AvgIpc) is 2.98. The second-order valence-electron chi connectivity index (χ2n) is 6.30. The van der Waals surface area contributed by atoms with Crippen LogP contribution in [0, 0.1) is 11.7 Å². The molecular weight excluding hydrogens is 325 g/mol. The van der Waals surface area contributed by atoms with Gasteiger partial charge in [0.05, 0.1) is 6.04 Å². The Hall–Kier alpha value is -2.63. The van der Waals surface area contributed by atoms with E-state index in [0.29, 0.717) is 6.42 Å². The number of nitrogens with one attached hydrogen (secondary N) is 1. The van der Waals surface area contributed by atoms with Crippen molar-refractivity contribution in [2.75, 3.05) is 0 Å². The van der Waals surface area contributed by atoms with Crippen molar-refractivity contribution in [1.82, 2.24) is 5.32 Å². The molecule has 1 saturated carbocycles. The third kappa shape index (κ3) is 3.57. The van der Waals surface area contributed by atoms with Gasteiger partial charge in [-0.15, -0.1) is 0 Å². The van der Waals surface area contributed by atoms with Crippen LogP contribution in [0.3, 0.4) is 0 Å². The lowest BCUT2D eigenvalue weighted by atomic mass is 9.77. The lowest BCUT2D eigenvalue weighted by molar-refractivity contribution is 0.0694. The van der Waals surface area contributed by atoms with E-state index in [0.717, 1.165) is 24.8 Å². The zero-order valence-corrected chi connectivity index (χ0v) is 13.9. The molecule has 6 heteroatoms. The first-order valence-corrected chi connectivity index (χ1v) is 8.42. The Balaban J connectivity index is 1.83. The topological polar surface area (TPSA) is 79.5 Å². The van der Waals surface area contributed by atoms with Crippen LogP contribution in [0.15, 0.2) is 34.7 Å². The van der Waals surface area contributed by atoms with Crippen LogP contribution in [0.4, 0.5) is 4.39 Å². The summed E-state index contributed by atoms with van der Waals surface area (Å²) in [7, 11) is 0. The molecule has 5 nitrogen and oxygen atoms in total. The van der Waals surface area contributed by atoms with E-state index in [1.807, 2.05) is 0 Å². The fourth-order valence-corrected chi connectivity index (χ4v) is 3.11. The molecule has 25 heavy (non-hydrogen) atoms. The summed E-state index contributed by atoms with van der Waals surface area (Å²) in [6, 6.07) is 7.10. The highest BCUT2D eigenvalue weighted by molar-refractivity contribution is 5.96. The maximum absolute atomic E-state index is 13.2. The summed E-state index contributed by atoms with van der Waals surface area (Å²) in [5.41, 5.74) is 0.842. The average molecular weight is 345 g/mol.